The molecule has 17 heavy (non-hydrogen) atoms. The van der Waals surface area contributed by atoms with Crippen LogP contribution in [0.2, 0.25) is 0 Å². The van der Waals surface area contributed by atoms with Crippen LogP contribution in [0.5, 0.6) is 0 Å². The zero-order valence-corrected chi connectivity index (χ0v) is 10.9. The zero-order chi connectivity index (χ0) is 12.3. The minimum Gasteiger partial charge on any atom is -0.197 e. The molecule has 1 atom stereocenters. The van der Waals surface area contributed by atoms with Gasteiger partial charge < -0.3 is 0 Å². The molecular weight excluding hydrogens is 206 g/mol. The number of fused-ring (bicyclic) bond motifs is 1. The van der Waals surface area contributed by atoms with Crippen LogP contribution >= 0.6 is 0 Å². The predicted molar refractivity (Wildman–Crippen MR) is 70.7 cm³/mol. The summed E-state index contributed by atoms with van der Waals surface area (Å²) in [5, 5.41) is 9.65. The number of nitriles is 1. The topological polar surface area (TPSA) is 23.8 Å². The van der Waals surface area contributed by atoms with Crippen LogP contribution in [0.4, 0.5) is 0 Å². The molecule has 0 heterocycles. The van der Waals surface area contributed by atoms with E-state index in [1.54, 1.807) is 0 Å². The Hall–Kier alpha value is -1.29. The first-order chi connectivity index (χ1) is 8.25. The summed E-state index contributed by atoms with van der Waals surface area (Å²) in [5.74, 6) is 0.681. The standard InChI is InChI=1S/C16H21N/c1-3-13(4-2)11-16(12-17)10-9-14-7-5-6-8-15(14)16/h5-8,13H,3-4,9-11H2,1-2H3. The van der Waals surface area contributed by atoms with Gasteiger partial charge in [-0.15, -0.1) is 0 Å². The molecule has 1 heteroatoms. The Morgan fingerprint density at radius 2 is 2.00 bits per heavy atom. The highest BCUT2D eigenvalue weighted by Crippen LogP contribution is 2.43. The van der Waals surface area contributed by atoms with Crippen molar-refractivity contribution in [3.8, 4) is 6.07 Å². The number of aryl methyl sites for hydroxylation is 1. The van der Waals surface area contributed by atoms with Crippen LogP contribution in [0, 0.1) is 17.2 Å². The molecule has 1 aromatic rings. The SMILES string of the molecule is CCC(CC)CC1(C#N)CCc2ccccc21. The number of nitrogens with zero attached hydrogens (tertiary/aromatic N) is 1. The third-order valence-corrected chi connectivity index (χ3v) is 4.36. The fraction of sp³-hybridized carbons (Fsp3) is 0.562. The van der Waals surface area contributed by atoms with Crippen molar-refractivity contribution < 1.29 is 0 Å². The van der Waals surface area contributed by atoms with Gasteiger partial charge in [-0.3, -0.25) is 0 Å². The first kappa shape index (κ1) is 12.2. The molecule has 0 aromatic heterocycles. The van der Waals surface area contributed by atoms with Crippen molar-refractivity contribution in [2.45, 2.75) is 51.4 Å². The van der Waals surface area contributed by atoms with Crippen LogP contribution in [0.15, 0.2) is 24.3 Å². The fourth-order valence-corrected chi connectivity index (χ4v) is 3.13. The van der Waals surface area contributed by atoms with Gasteiger partial charge in [-0.25, -0.2) is 0 Å². The Bertz CT molecular complexity index is 425. The number of hydrogen-bond acceptors (Lipinski definition) is 1. The third kappa shape index (κ3) is 2.09. The normalized spacial score (nSPS) is 22.5. The molecule has 0 fully saturated rings. The molecule has 2 rings (SSSR count). The lowest BCUT2D eigenvalue weighted by Gasteiger charge is -2.26. The molecule has 0 aliphatic heterocycles. The largest absolute Gasteiger partial charge is 0.197 e. The summed E-state index contributed by atoms with van der Waals surface area (Å²) >= 11 is 0. The summed E-state index contributed by atoms with van der Waals surface area (Å²) in [5.41, 5.74) is 2.49. The van der Waals surface area contributed by atoms with Gasteiger partial charge in [-0.2, -0.15) is 5.26 Å². The van der Waals surface area contributed by atoms with Gasteiger partial charge >= 0.3 is 0 Å². The molecule has 0 saturated heterocycles. The van der Waals surface area contributed by atoms with E-state index in [4.69, 9.17) is 0 Å². The molecule has 90 valence electrons. The smallest absolute Gasteiger partial charge is 0.0830 e. The lowest BCUT2D eigenvalue weighted by molar-refractivity contribution is 0.356. The maximum atomic E-state index is 9.65. The Morgan fingerprint density at radius 3 is 2.65 bits per heavy atom. The molecule has 1 aromatic carbocycles. The maximum Gasteiger partial charge on any atom is 0.0830 e. The average molecular weight is 227 g/mol. The zero-order valence-electron chi connectivity index (χ0n) is 10.9. The molecule has 0 N–H and O–H groups in total. The van der Waals surface area contributed by atoms with Gasteiger partial charge in [-0.05, 0) is 36.3 Å². The second-order valence-electron chi connectivity index (χ2n) is 5.24. The van der Waals surface area contributed by atoms with Crippen molar-refractivity contribution in [2.75, 3.05) is 0 Å². The first-order valence-corrected chi connectivity index (χ1v) is 6.75. The minimum absolute atomic E-state index is 0.201. The van der Waals surface area contributed by atoms with Crippen LogP contribution in [-0.4, -0.2) is 0 Å². The van der Waals surface area contributed by atoms with E-state index in [-0.39, 0.29) is 5.41 Å². The summed E-state index contributed by atoms with van der Waals surface area (Å²) in [6.45, 7) is 4.47. The van der Waals surface area contributed by atoms with Crippen LogP contribution in [0.1, 0.15) is 50.7 Å². The van der Waals surface area contributed by atoms with Crippen molar-refractivity contribution in [1.82, 2.24) is 0 Å². The molecule has 1 nitrogen and oxygen atoms in total. The predicted octanol–water partition coefficient (Wildman–Crippen LogP) is 4.22. The molecule has 0 amide bonds. The molecule has 1 aliphatic carbocycles. The van der Waals surface area contributed by atoms with E-state index in [1.807, 2.05) is 0 Å². The molecule has 1 unspecified atom stereocenters. The van der Waals surface area contributed by atoms with Crippen LogP contribution < -0.4 is 0 Å². The summed E-state index contributed by atoms with van der Waals surface area (Å²) in [4.78, 5) is 0. The van der Waals surface area contributed by atoms with Crippen LogP contribution in [0.25, 0.3) is 0 Å². The second-order valence-corrected chi connectivity index (χ2v) is 5.24. The van der Waals surface area contributed by atoms with Crippen LogP contribution in [0.3, 0.4) is 0 Å². The van der Waals surface area contributed by atoms with E-state index < -0.39 is 0 Å². The average Bonchev–Trinajstić information content (AvgIpc) is 2.76. The molecule has 0 bridgehead atoms. The van der Waals surface area contributed by atoms with Crippen molar-refractivity contribution in [1.29, 1.82) is 5.26 Å². The van der Waals surface area contributed by atoms with Crippen molar-refractivity contribution in [3.63, 3.8) is 0 Å². The Balaban J connectivity index is 2.32. The first-order valence-electron chi connectivity index (χ1n) is 6.75. The van der Waals surface area contributed by atoms with E-state index in [0.717, 1.165) is 19.3 Å². The van der Waals surface area contributed by atoms with Crippen molar-refractivity contribution >= 4 is 0 Å². The lowest BCUT2D eigenvalue weighted by Crippen LogP contribution is -2.24. The number of hydrogen-bond donors (Lipinski definition) is 0. The summed E-state index contributed by atoms with van der Waals surface area (Å²) in [6.07, 6.45) is 5.49. The molecule has 1 aliphatic rings. The molecular formula is C16H21N. The van der Waals surface area contributed by atoms with E-state index in [0.29, 0.717) is 5.92 Å². The van der Waals surface area contributed by atoms with Gasteiger partial charge in [-0.1, -0.05) is 51.0 Å². The summed E-state index contributed by atoms with van der Waals surface area (Å²) in [6, 6.07) is 11.1. The van der Waals surface area contributed by atoms with Gasteiger partial charge in [0.2, 0.25) is 0 Å². The van der Waals surface area contributed by atoms with Crippen molar-refractivity contribution in [3.05, 3.63) is 35.4 Å². The second kappa shape index (κ2) is 4.92. The summed E-state index contributed by atoms with van der Waals surface area (Å²) < 4.78 is 0. The quantitative estimate of drug-likeness (QED) is 0.755. The minimum atomic E-state index is -0.201. The fourth-order valence-electron chi connectivity index (χ4n) is 3.13. The van der Waals surface area contributed by atoms with Gasteiger partial charge in [0.25, 0.3) is 0 Å². The highest BCUT2D eigenvalue weighted by molar-refractivity contribution is 5.44. The molecule has 0 spiro atoms. The van der Waals surface area contributed by atoms with E-state index in [2.05, 4.69) is 44.2 Å². The highest BCUT2D eigenvalue weighted by atomic mass is 14.4. The Labute approximate surface area is 104 Å². The number of benzene rings is 1. The molecule has 0 radical (unpaired) electrons. The highest BCUT2D eigenvalue weighted by Gasteiger charge is 2.39. The number of rotatable bonds is 4. The van der Waals surface area contributed by atoms with Gasteiger partial charge in [0, 0.05) is 0 Å². The van der Waals surface area contributed by atoms with E-state index in [1.165, 1.54) is 24.0 Å². The Kier molecular flexibility index (Phi) is 3.52. The third-order valence-electron chi connectivity index (χ3n) is 4.36. The monoisotopic (exact) mass is 227 g/mol. The van der Waals surface area contributed by atoms with Crippen molar-refractivity contribution in [2.24, 2.45) is 5.92 Å². The van der Waals surface area contributed by atoms with Gasteiger partial charge in [0.1, 0.15) is 0 Å². The molecule has 0 saturated carbocycles. The van der Waals surface area contributed by atoms with Gasteiger partial charge in [0.15, 0.2) is 0 Å². The lowest BCUT2D eigenvalue weighted by atomic mass is 9.74. The van der Waals surface area contributed by atoms with Gasteiger partial charge in [0.05, 0.1) is 11.5 Å². The van der Waals surface area contributed by atoms with E-state index >= 15 is 0 Å². The van der Waals surface area contributed by atoms with Crippen LogP contribution in [-0.2, 0) is 11.8 Å². The van der Waals surface area contributed by atoms with E-state index in [9.17, 15) is 5.26 Å². The summed E-state index contributed by atoms with van der Waals surface area (Å²) in [7, 11) is 0. The Morgan fingerprint density at radius 1 is 1.29 bits per heavy atom. The maximum absolute atomic E-state index is 9.65.